The van der Waals surface area contributed by atoms with Crippen molar-refractivity contribution in [3.63, 3.8) is 0 Å². The van der Waals surface area contributed by atoms with Crippen LogP contribution < -0.4 is 5.32 Å². The van der Waals surface area contributed by atoms with E-state index in [1.165, 1.54) is 0 Å². The van der Waals surface area contributed by atoms with Gasteiger partial charge < -0.3 is 19.9 Å². The molecule has 16 heavy (non-hydrogen) atoms. The van der Waals surface area contributed by atoms with Crippen molar-refractivity contribution in [1.82, 2.24) is 5.32 Å². The third-order valence-electron chi connectivity index (χ3n) is 2.08. The molecule has 6 heteroatoms. The maximum absolute atomic E-state index is 11.8. The molecule has 0 aromatic carbocycles. The first-order valence-corrected chi connectivity index (χ1v) is 5.09. The van der Waals surface area contributed by atoms with Crippen LogP contribution in [0.3, 0.4) is 0 Å². The third-order valence-corrected chi connectivity index (χ3v) is 2.08. The summed E-state index contributed by atoms with van der Waals surface area (Å²) in [4.78, 5) is 22.9. The summed E-state index contributed by atoms with van der Waals surface area (Å²) in [6.45, 7) is 5.66. The minimum absolute atomic E-state index is 0.0722. The van der Waals surface area contributed by atoms with Gasteiger partial charge in [0.1, 0.15) is 5.60 Å². The number of carboxylic acid groups (broad SMARTS) is 1. The lowest BCUT2D eigenvalue weighted by Gasteiger charge is -2.33. The molecule has 1 aliphatic rings. The van der Waals surface area contributed by atoms with Crippen molar-refractivity contribution in [3.8, 4) is 0 Å². The van der Waals surface area contributed by atoms with Gasteiger partial charge in [-0.05, 0) is 20.8 Å². The highest BCUT2D eigenvalue weighted by atomic mass is 16.6. The zero-order valence-corrected chi connectivity index (χ0v) is 9.70. The first kappa shape index (κ1) is 12.9. The van der Waals surface area contributed by atoms with Gasteiger partial charge in [0.25, 0.3) is 5.60 Å². The standard InChI is InChI=1S/C10H17NO5/c1-9(2,3)16-8(14)10(7(12)13)6-11-4-5-15-10/h11H,4-6H2,1-3H3,(H,12,13)/t10-/m0/s1. The summed E-state index contributed by atoms with van der Waals surface area (Å²) >= 11 is 0. The zero-order chi connectivity index (χ0) is 12.4. The van der Waals surface area contributed by atoms with E-state index in [0.29, 0.717) is 6.54 Å². The number of carbonyl (C=O) groups is 2. The number of aliphatic carboxylic acids is 1. The van der Waals surface area contributed by atoms with Crippen LogP contribution in [-0.4, -0.2) is 47.9 Å². The number of hydrogen-bond donors (Lipinski definition) is 2. The van der Waals surface area contributed by atoms with E-state index >= 15 is 0 Å². The second kappa shape index (κ2) is 4.39. The number of ether oxygens (including phenoxy) is 2. The molecule has 0 saturated carbocycles. The molecule has 0 spiro atoms. The maximum atomic E-state index is 11.8. The van der Waals surface area contributed by atoms with Gasteiger partial charge >= 0.3 is 11.9 Å². The number of rotatable bonds is 2. The van der Waals surface area contributed by atoms with Crippen molar-refractivity contribution in [2.24, 2.45) is 0 Å². The average molecular weight is 231 g/mol. The van der Waals surface area contributed by atoms with Crippen LogP contribution in [0.5, 0.6) is 0 Å². The fourth-order valence-electron chi connectivity index (χ4n) is 1.33. The summed E-state index contributed by atoms with van der Waals surface area (Å²) in [5.74, 6) is -2.19. The molecule has 2 N–H and O–H groups in total. The van der Waals surface area contributed by atoms with E-state index in [0.717, 1.165) is 0 Å². The molecule has 0 bridgehead atoms. The molecule has 1 fully saturated rings. The van der Waals surface area contributed by atoms with Crippen molar-refractivity contribution >= 4 is 11.9 Å². The topological polar surface area (TPSA) is 84.9 Å². The van der Waals surface area contributed by atoms with Crippen molar-refractivity contribution in [2.75, 3.05) is 19.7 Å². The molecule has 92 valence electrons. The molecule has 0 aromatic rings. The molecule has 0 radical (unpaired) electrons. The van der Waals surface area contributed by atoms with E-state index in [1.54, 1.807) is 20.8 Å². The van der Waals surface area contributed by atoms with Crippen LogP contribution in [0.1, 0.15) is 20.8 Å². The summed E-state index contributed by atoms with van der Waals surface area (Å²) in [5.41, 5.74) is -2.65. The number of morpholine rings is 1. The van der Waals surface area contributed by atoms with E-state index in [9.17, 15) is 9.59 Å². The smallest absolute Gasteiger partial charge is 0.352 e. The normalized spacial score (nSPS) is 26.2. The Bertz CT molecular complexity index is 288. The highest BCUT2D eigenvalue weighted by molar-refractivity contribution is 6.03. The van der Waals surface area contributed by atoms with Crippen LogP contribution in [0.15, 0.2) is 0 Å². The molecule has 1 heterocycles. The lowest BCUT2D eigenvalue weighted by Crippen LogP contribution is -2.61. The maximum Gasteiger partial charge on any atom is 0.352 e. The Morgan fingerprint density at radius 1 is 1.44 bits per heavy atom. The average Bonchev–Trinajstić information content (AvgIpc) is 2.16. The lowest BCUT2D eigenvalue weighted by molar-refractivity contribution is -0.197. The Balaban J connectivity index is 2.85. The van der Waals surface area contributed by atoms with Gasteiger partial charge in [0.05, 0.1) is 6.61 Å². The van der Waals surface area contributed by atoms with Crippen LogP contribution in [-0.2, 0) is 19.1 Å². The van der Waals surface area contributed by atoms with Crippen LogP contribution in [0, 0.1) is 0 Å². The van der Waals surface area contributed by atoms with Gasteiger partial charge in [-0.3, -0.25) is 0 Å². The molecule has 6 nitrogen and oxygen atoms in total. The van der Waals surface area contributed by atoms with E-state index in [2.05, 4.69) is 5.32 Å². The Morgan fingerprint density at radius 3 is 2.44 bits per heavy atom. The number of carbonyl (C=O) groups excluding carboxylic acids is 1. The number of nitrogens with one attached hydrogen (secondary N) is 1. The van der Waals surface area contributed by atoms with Gasteiger partial charge in [-0.1, -0.05) is 0 Å². The first-order valence-electron chi connectivity index (χ1n) is 5.09. The molecule has 1 atom stereocenters. The summed E-state index contributed by atoms with van der Waals surface area (Å²) in [5, 5.41) is 11.9. The van der Waals surface area contributed by atoms with Crippen LogP contribution in [0.25, 0.3) is 0 Å². The summed E-state index contributed by atoms with van der Waals surface area (Å²) < 4.78 is 10.2. The SMILES string of the molecule is CC(C)(C)OC(=O)[C@@]1(C(=O)O)CNCCO1. The minimum Gasteiger partial charge on any atom is -0.479 e. The number of esters is 1. The van der Waals surface area contributed by atoms with Gasteiger partial charge in [0, 0.05) is 13.1 Å². The number of hydrogen-bond acceptors (Lipinski definition) is 5. The highest BCUT2D eigenvalue weighted by Crippen LogP contribution is 2.20. The van der Waals surface area contributed by atoms with Crippen molar-refractivity contribution in [2.45, 2.75) is 32.0 Å². The Morgan fingerprint density at radius 2 is 2.06 bits per heavy atom. The van der Waals surface area contributed by atoms with Gasteiger partial charge in [-0.25, -0.2) is 9.59 Å². The summed E-state index contributed by atoms with van der Waals surface area (Å²) in [6, 6.07) is 0. The molecule has 1 aliphatic heterocycles. The Hall–Kier alpha value is -1.14. The van der Waals surface area contributed by atoms with Gasteiger partial charge in [-0.2, -0.15) is 0 Å². The van der Waals surface area contributed by atoms with Crippen molar-refractivity contribution in [1.29, 1.82) is 0 Å². The minimum atomic E-state index is -1.91. The van der Waals surface area contributed by atoms with Gasteiger partial charge in [0.15, 0.2) is 0 Å². The second-order valence-electron chi connectivity index (χ2n) is 4.66. The lowest BCUT2D eigenvalue weighted by atomic mass is 10.0. The quantitative estimate of drug-likeness (QED) is 0.504. The highest BCUT2D eigenvalue weighted by Gasteiger charge is 2.51. The molecule has 1 saturated heterocycles. The van der Waals surface area contributed by atoms with Gasteiger partial charge in [0.2, 0.25) is 0 Å². The number of carboxylic acids is 1. The first-order chi connectivity index (χ1) is 7.28. The summed E-state index contributed by atoms with van der Waals surface area (Å²) in [7, 11) is 0. The van der Waals surface area contributed by atoms with E-state index in [4.69, 9.17) is 14.6 Å². The summed E-state index contributed by atoms with van der Waals surface area (Å²) in [6.07, 6.45) is 0. The monoisotopic (exact) mass is 231 g/mol. The molecule has 0 aromatic heterocycles. The van der Waals surface area contributed by atoms with E-state index in [1.807, 2.05) is 0 Å². The molecular weight excluding hydrogens is 214 g/mol. The fourth-order valence-corrected chi connectivity index (χ4v) is 1.33. The predicted molar refractivity (Wildman–Crippen MR) is 55.0 cm³/mol. The largest absolute Gasteiger partial charge is 0.479 e. The van der Waals surface area contributed by atoms with Crippen LogP contribution >= 0.6 is 0 Å². The predicted octanol–water partition coefficient (Wildman–Crippen LogP) is -0.229. The van der Waals surface area contributed by atoms with Crippen molar-refractivity contribution in [3.05, 3.63) is 0 Å². The second-order valence-corrected chi connectivity index (χ2v) is 4.66. The van der Waals surface area contributed by atoms with E-state index < -0.39 is 23.1 Å². The Labute approximate surface area is 93.9 Å². The fraction of sp³-hybridized carbons (Fsp3) is 0.800. The van der Waals surface area contributed by atoms with E-state index in [-0.39, 0.29) is 13.2 Å². The molecule has 0 unspecified atom stereocenters. The van der Waals surface area contributed by atoms with Crippen LogP contribution in [0.4, 0.5) is 0 Å². The molecule has 0 amide bonds. The Kier molecular flexibility index (Phi) is 3.54. The zero-order valence-electron chi connectivity index (χ0n) is 9.70. The molecule has 0 aliphatic carbocycles. The third kappa shape index (κ3) is 2.70. The van der Waals surface area contributed by atoms with Crippen molar-refractivity contribution < 1.29 is 24.2 Å². The molecule has 1 rings (SSSR count). The van der Waals surface area contributed by atoms with Gasteiger partial charge in [-0.15, -0.1) is 0 Å². The molecular formula is C10H17NO5. The van der Waals surface area contributed by atoms with Crippen LogP contribution in [0.2, 0.25) is 0 Å².